The van der Waals surface area contributed by atoms with Crippen molar-refractivity contribution in [3.05, 3.63) is 82.9 Å². The number of benzene rings is 1. The van der Waals surface area contributed by atoms with Gasteiger partial charge in [-0.1, -0.05) is 24.3 Å². The fraction of sp³-hybridized carbons (Fsp3) is 0.200. The van der Waals surface area contributed by atoms with Gasteiger partial charge in [-0.3, -0.25) is 9.48 Å². The number of hydrogen-bond donors (Lipinski definition) is 0. The van der Waals surface area contributed by atoms with E-state index in [2.05, 4.69) is 22.2 Å². The van der Waals surface area contributed by atoms with Gasteiger partial charge in [-0.2, -0.15) is 10.4 Å². The summed E-state index contributed by atoms with van der Waals surface area (Å²) in [4.78, 5) is 19.1. The van der Waals surface area contributed by atoms with Crippen molar-refractivity contribution < 1.29 is 4.79 Å². The van der Waals surface area contributed by atoms with Gasteiger partial charge in [0.15, 0.2) is 0 Å². The first kappa shape index (κ1) is 16.0. The number of pyridine rings is 1. The number of carbonyl (C=O) groups excluding carboxylic acids is 1. The van der Waals surface area contributed by atoms with Crippen LogP contribution >= 0.6 is 0 Å². The molecule has 6 heteroatoms. The van der Waals surface area contributed by atoms with Crippen LogP contribution in [0.3, 0.4) is 0 Å². The molecule has 1 amide bonds. The maximum Gasteiger partial charge on any atom is 0.272 e. The highest BCUT2D eigenvalue weighted by Crippen LogP contribution is 2.29. The summed E-state index contributed by atoms with van der Waals surface area (Å²) < 4.78 is 1.88. The lowest BCUT2D eigenvalue weighted by Crippen LogP contribution is -2.40. The van der Waals surface area contributed by atoms with Gasteiger partial charge in [-0.15, -0.1) is 0 Å². The Morgan fingerprint density at radius 2 is 2.08 bits per heavy atom. The summed E-state index contributed by atoms with van der Waals surface area (Å²) in [6, 6.07) is 15.3. The molecule has 128 valence electrons. The van der Waals surface area contributed by atoms with Gasteiger partial charge in [0.05, 0.1) is 17.3 Å². The van der Waals surface area contributed by atoms with Crippen LogP contribution < -0.4 is 0 Å². The van der Waals surface area contributed by atoms with E-state index in [0.717, 1.165) is 5.56 Å². The molecule has 4 rings (SSSR count). The Balaban J connectivity index is 1.69. The van der Waals surface area contributed by atoms with Crippen molar-refractivity contribution >= 4 is 5.91 Å². The maximum absolute atomic E-state index is 13.0. The van der Waals surface area contributed by atoms with Crippen LogP contribution in [-0.4, -0.2) is 32.1 Å². The van der Waals surface area contributed by atoms with E-state index in [1.165, 1.54) is 5.56 Å². The molecular weight excluding hydrogens is 326 g/mol. The number of amides is 1. The summed E-state index contributed by atoms with van der Waals surface area (Å²) in [5.74, 6) is -0.135. The Bertz CT molecular complexity index is 1000. The Labute approximate surface area is 151 Å². The monoisotopic (exact) mass is 343 g/mol. The number of hydrogen-bond acceptors (Lipinski definition) is 4. The molecule has 1 atom stereocenters. The number of nitrogens with zero attached hydrogens (tertiary/aromatic N) is 5. The van der Waals surface area contributed by atoms with Gasteiger partial charge in [0.1, 0.15) is 11.8 Å². The fourth-order valence-corrected chi connectivity index (χ4v) is 3.39. The number of carbonyl (C=O) groups is 1. The number of aryl methyl sites for hydroxylation is 1. The summed E-state index contributed by atoms with van der Waals surface area (Å²) in [5, 5.41) is 13.4. The SMILES string of the molecule is Cc1nc(C(=O)N2Cc3ccccc3C(n3cccn3)C2)ccc1C#N. The standard InChI is InChI=1S/C20H17N5O/c1-14-15(11-21)7-8-18(23-14)20(26)24-12-16-5-2-3-6-17(16)19(13-24)25-10-4-9-22-25/h2-10,19H,12-13H2,1H3. The van der Waals surface area contributed by atoms with Gasteiger partial charge >= 0.3 is 0 Å². The second-order valence-corrected chi connectivity index (χ2v) is 6.33. The molecule has 26 heavy (non-hydrogen) atoms. The van der Waals surface area contributed by atoms with Crippen molar-refractivity contribution in [1.82, 2.24) is 19.7 Å². The second-order valence-electron chi connectivity index (χ2n) is 6.33. The van der Waals surface area contributed by atoms with Crippen molar-refractivity contribution in [3.63, 3.8) is 0 Å². The predicted octanol–water partition coefficient (Wildman–Crippen LogP) is 2.70. The fourth-order valence-electron chi connectivity index (χ4n) is 3.39. The summed E-state index contributed by atoms with van der Waals surface area (Å²) >= 11 is 0. The molecule has 1 aliphatic heterocycles. The largest absolute Gasteiger partial charge is 0.330 e. The summed E-state index contributed by atoms with van der Waals surface area (Å²) in [6.45, 7) is 2.80. The highest BCUT2D eigenvalue weighted by Gasteiger charge is 2.30. The summed E-state index contributed by atoms with van der Waals surface area (Å²) in [5.41, 5.74) is 3.71. The number of rotatable bonds is 2. The van der Waals surface area contributed by atoms with E-state index >= 15 is 0 Å². The predicted molar refractivity (Wildman–Crippen MR) is 95.2 cm³/mol. The molecule has 0 fully saturated rings. The van der Waals surface area contributed by atoms with E-state index in [9.17, 15) is 4.79 Å². The molecule has 6 nitrogen and oxygen atoms in total. The van der Waals surface area contributed by atoms with Gasteiger partial charge in [-0.05, 0) is 36.2 Å². The Hall–Kier alpha value is -3.46. The van der Waals surface area contributed by atoms with Crippen LogP contribution in [0.2, 0.25) is 0 Å². The third kappa shape index (κ3) is 2.74. The minimum atomic E-state index is -0.135. The molecule has 1 unspecified atom stereocenters. The molecule has 2 aromatic heterocycles. The summed E-state index contributed by atoms with van der Waals surface area (Å²) in [7, 11) is 0. The quantitative estimate of drug-likeness (QED) is 0.717. The van der Waals surface area contributed by atoms with Crippen LogP contribution in [0.15, 0.2) is 54.9 Å². The minimum absolute atomic E-state index is 0.0293. The number of fused-ring (bicyclic) bond motifs is 1. The van der Waals surface area contributed by atoms with Gasteiger partial charge < -0.3 is 4.90 Å². The van der Waals surface area contributed by atoms with Crippen LogP contribution in [0.5, 0.6) is 0 Å². The van der Waals surface area contributed by atoms with Crippen molar-refractivity contribution in [1.29, 1.82) is 5.26 Å². The Kier molecular flexibility index (Phi) is 3.98. The van der Waals surface area contributed by atoms with E-state index in [-0.39, 0.29) is 11.9 Å². The topological polar surface area (TPSA) is 74.8 Å². The summed E-state index contributed by atoms with van der Waals surface area (Å²) in [6.07, 6.45) is 3.66. The highest BCUT2D eigenvalue weighted by molar-refractivity contribution is 5.92. The van der Waals surface area contributed by atoms with Crippen LogP contribution in [0.1, 0.15) is 38.9 Å². The molecule has 0 saturated heterocycles. The van der Waals surface area contributed by atoms with Crippen molar-refractivity contribution in [2.24, 2.45) is 0 Å². The first-order chi connectivity index (χ1) is 12.7. The van der Waals surface area contributed by atoms with E-state index in [4.69, 9.17) is 5.26 Å². The molecule has 0 spiro atoms. The molecule has 0 saturated carbocycles. The minimum Gasteiger partial charge on any atom is -0.330 e. The first-order valence-corrected chi connectivity index (χ1v) is 8.41. The van der Waals surface area contributed by atoms with E-state index in [0.29, 0.717) is 30.0 Å². The molecule has 3 aromatic rings. The lowest BCUT2D eigenvalue weighted by molar-refractivity contribution is 0.0700. The molecule has 1 aromatic carbocycles. The average molecular weight is 343 g/mol. The lowest BCUT2D eigenvalue weighted by atomic mass is 9.95. The third-order valence-electron chi connectivity index (χ3n) is 4.73. The van der Waals surface area contributed by atoms with Crippen LogP contribution in [0.25, 0.3) is 0 Å². The van der Waals surface area contributed by atoms with E-state index in [1.54, 1.807) is 30.2 Å². The van der Waals surface area contributed by atoms with Crippen LogP contribution in [-0.2, 0) is 6.54 Å². The zero-order chi connectivity index (χ0) is 18.1. The zero-order valence-corrected chi connectivity index (χ0v) is 14.3. The number of nitriles is 1. The van der Waals surface area contributed by atoms with Crippen molar-refractivity contribution in [2.45, 2.75) is 19.5 Å². The van der Waals surface area contributed by atoms with Gasteiger partial charge in [0.2, 0.25) is 0 Å². The second kappa shape index (κ2) is 6.45. The molecule has 3 heterocycles. The maximum atomic E-state index is 13.0. The molecule has 0 N–H and O–H groups in total. The van der Waals surface area contributed by atoms with Gasteiger partial charge in [-0.25, -0.2) is 4.98 Å². The third-order valence-corrected chi connectivity index (χ3v) is 4.73. The number of aromatic nitrogens is 3. The van der Waals surface area contributed by atoms with Crippen molar-refractivity contribution in [3.8, 4) is 6.07 Å². The normalized spacial score (nSPS) is 16.0. The van der Waals surface area contributed by atoms with Crippen LogP contribution in [0.4, 0.5) is 0 Å². The van der Waals surface area contributed by atoms with E-state index < -0.39 is 0 Å². The smallest absolute Gasteiger partial charge is 0.272 e. The van der Waals surface area contributed by atoms with Crippen LogP contribution in [0, 0.1) is 18.3 Å². The zero-order valence-electron chi connectivity index (χ0n) is 14.3. The highest BCUT2D eigenvalue weighted by atomic mass is 16.2. The Morgan fingerprint density at radius 3 is 2.81 bits per heavy atom. The molecular formula is C20H17N5O. The molecule has 0 radical (unpaired) electrons. The lowest BCUT2D eigenvalue weighted by Gasteiger charge is -2.34. The molecule has 0 aliphatic carbocycles. The van der Waals surface area contributed by atoms with Gasteiger partial charge in [0, 0.05) is 25.5 Å². The molecule has 1 aliphatic rings. The van der Waals surface area contributed by atoms with Crippen molar-refractivity contribution in [2.75, 3.05) is 6.54 Å². The molecule has 0 bridgehead atoms. The Morgan fingerprint density at radius 1 is 1.23 bits per heavy atom. The average Bonchev–Trinajstić information content (AvgIpc) is 3.21. The van der Waals surface area contributed by atoms with E-state index in [1.807, 2.05) is 35.1 Å². The van der Waals surface area contributed by atoms with Gasteiger partial charge in [0.25, 0.3) is 5.91 Å². The first-order valence-electron chi connectivity index (χ1n) is 8.41.